The van der Waals surface area contributed by atoms with Crippen molar-refractivity contribution in [3.8, 4) is 17.1 Å². The number of nitrogens with zero attached hydrogens (tertiary/aromatic N) is 2. The van der Waals surface area contributed by atoms with Crippen LogP contribution in [0.15, 0.2) is 89.5 Å². The fraction of sp³-hybridized carbons (Fsp3) is 0.130. The van der Waals surface area contributed by atoms with Gasteiger partial charge in [0.1, 0.15) is 11.8 Å². The van der Waals surface area contributed by atoms with Gasteiger partial charge >= 0.3 is 6.61 Å². The molecule has 2 N–H and O–H groups in total. The van der Waals surface area contributed by atoms with Crippen LogP contribution in [0.25, 0.3) is 11.4 Å². The Kier molecular flexibility index (Phi) is 6.10. The summed E-state index contributed by atoms with van der Waals surface area (Å²) in [6.07, 6.45) is 0. The van der Waals surface area contributed by atoms with Gasteiger partial charge in [-0.2, -0.15) is 13.8 Å². The predicted molar refractivity (Wildman–Crippen MR) is 107 cm³/mol. The van der Waals surface area contributed by atoms with Crippen molar-refractivity contribution in [1.29, 1.82) is 0 Å². The third kappa shape index (κ3) is 4.87. The van der Waals surface area contributed by atoms with Gasteiger partial charge in [0, 0.05) is 16.7 Å². The molecule has 0 aliphatic rings. The second kappa shape index (κ2) is 9.28. The maximum Gasteiger partial charge on any atom is 0.387 e. The van der Waals surface area contributed by atoms with Gasteiger partial charge in [0.2, 0.25) is 5.82 Å². The zero-order valence-corrected chi connectivity index (χ0v) is 16.0. The molecule has 0 saturated heterocycles. The molecule has 5 nitrogen and oxygen atoms in total. The Morgan fingerprint density at radius 3 is 2.13 bits per heavy atom. The van der Waals surface area contributed by atoms with Crippen molar-refractivity contribution in [2.24, 2.45) is 0 Å². The lowest BCUT2D eigenvalue weighted by atomic mass is 9.98. The fourth-order valence-electron chi connectivity index (χ4n) is 3.24. The van der Waals surface area contributed by atoms with Crippen molar-refractivity contribution in [3.05, 3.63) is 102 Å². The lowest BCUT2D eigenvalue weighted by molar-refractivity contribution is -0.704. The first kappa shape index (κ1) is 19.7. The van der Waals surface area contributed by atoms with Gasteiger partial charge in [-0.15, -0.1) is 0 Å². The van der Waals surface area contributed by atoms with Gasteiger partial charge < -0.3 is 14.6 Å². The summed E-state index contributed by atoms with van der Waals surface area (Å²) >= 11 is 0. The van der Waals surface area contributed by atoms with E-state index in [1.807, 2.05) is 60.7 Å². The van der Waals surface area contributed by atoms with Crippen molar-refractivity contribution < 1.29 is 23.4 Å². The van der Waals surface area contributed by atoms with Gasteiger partial charge in [0.15, 0.2) is 6.54 Å². The third-order valence-electron chi connectivity index (χ3n) is 4.65. The fourth-order valence-corrected chi connectivity index (χ4v) is 3.24. The minimum atomic E-state index is -2.84. The van der Waals surface area contributed by atoms with Crippen LogP contribution >= 0.6 is 0 Å². The van der Waals surface area contributed by atoms with E-state index < -0.39 is 6.61 Å². The summed E-state index contributed by atoms with van der Waals surface area (Å²) in [4.78, 5) is 4.47. The zero-order valence-electron chi connectivity index (χ0n) is 16.0. The third-order valence-corrected chi connectivity index (χ3v) is 4.65. The van der Waals surface area contributed by atoms with Crippen molar-refractivity contribution in [1.82, 2.24) is 10.1 Å². The van der Waals surface area contributed by atoms with Gasteiger partial charge in [-0.1, -0.05) is 65.8 Å². The van der Waals surface area contributed by atoms with Crippen LogP contribution in [0.3, 0.4) is 0 Å². The maximum atomic E-state index is 12.4. The first-order chi connectivity index (χ1) is 14.7. The van der Waals surface area contributed by atoms with Crippen LogP contribution in [0, 0.1) is 0 Å². The number of halogens is 2. The van der Waals surface area contributed by atoms with Crippen LogP contribution in [0.1, 0.15) is 23.1 Å². The molecule has 4 aromatic rings. The molecule has 1 atom stereocenters. The molecule has 3 aromatic carbocycles. The predicted octanol–water partition coefficient (Wildman–Crippen LogP) is 4.19. The monoisotopic (exact) mass is 408 g/mol. The molecule has 0 unspecified atom stereocenters. The largest absolute Gasteiger partial charge is 0.435 e. The topological polar surface area (TPSA) is 64.8 Å². The minimum Gasteiger partial charge on any atom is -0.435 e. The van der Waals surface area contributed by atoms with Crippen LogP contribution in [0.4, 0.5) is 8.78 Å². The maximum absolute atomic E-state index is 12.4. The number of alkyl halides is 2. The van der Waals surface area contributed by atoms with E-state index in [0.717, 1.165) is 16.7 Å². The molecule has 0 spiro atoms. The van der Waals surface area contributed by atoms with Crippen LogP contribution in [0.5, 0.6) is 5.75 Å². The normalized spacial score (nSPS) is 12.1. The van der Waals surface area contributed by atoms with Crippen molar-refractivity contribution in [2.45, 2.75) is 19.2 Å². The molecule has 0 bridgehead atoms. The number of aromatic nitrogens is 2. The molecule has 1 aromatic heterocycles. The minimum absolute atomic E-state index is 0.0705. The average molecular weight is 408 g/mol. The first-order valence-electron chi connectivity index (χ1n) is 9.50. The Labute approximate surface area is 172 Å². The van der Waals surface area contributed by atoms with Gasteiger partial charge in [-0.3, -0.25) is 0 Å². The zero-order chi connectivity index (χ0) is 20.8. The summed E-state index contributed by atoms with van der Waals surface area (Å²) in [5.41, 5.74) is 2.91. The van der Waals surface area contributed by atoms with Crippen molar-refractivity contribution in [2.75, 3.05) is 0 Å². The molecule has 1 heterocycles. The number of nitrogens with two attached hydrogens (primary N) is 1. The second-order valence-corrected chi connectivity index (χ2v) is 6.65. The Hall–Kier alpha value is -3.58. The van der Waals surface area contributed by atoms with Gasteiger partial charge in [-0.05, 0) is 24.3 Å². The molecule has 30 heavy (non-hydrogen) atoms. The lowest BCUT2D eigenvalue weighted by Crippen LogP contribution is -2.84. The Bertz CT molecular complexity index is 1050. The number of quaternary nitrogens is 1. The second-order valence-electron chi connectivity index (χ2n) is 6.65. The number of benzene rings is 3. The van der Waals surface area contributed by atoms with Crippen LogP contribution in [-0.4, -0.2) is 16.8 Å². The summed E-state index contributed by atoms with van der Waals surface area (Å²) in [6.45, 7) is -2.38. The first-order valence-corrected chi connectivity index (χ1v) is 9.50. The number of hydrogen-bond donors (Lipinski definition) is 1. The Balaban J connectivity index is 1.52. The van der Waals surface area contributed by atoms with Crippen molar-refractivity contribution >= 4 is 0 Å². The lowest BCUT2D eigenvalue weighted by Gasteiger charge is -2.16. The molecular formula is C23H20F2N3O2+. The Morgan fingerprint density at radius 1 is 0.833 bits per heavy atom. The van der Waals surface area contributed by atoms with E-state index in [9.17, 15) is 8.78 Å². The highest BCUT2D eigenvalue weighted by atomic mass is 19.3. The summed E-state index contributed by atoms with van der Waals surface area (Å²) in [6, 6.07) is 26.1. The van der Waals surface area contributed by atoms with E-state index in [2.05, 4.69) is 20.2 Å². The van der Waals surface area contributed by atoms with Crippen LogP contribution in [0.2, 0.25) is 0 Å². The molecule has 0 saturated carbocycles. The highest BCUT2D eigenvalue weighted by Gasteiger charge is 2.20. The molecule has 0 aliphatic heterocycles. The molecule has 0 fully saturated rings. The molecular weight excluding hydrogens is 388 g/mol. The van der Waals surface area contributed by atoms with Gasteiger partial charge in [0.25, 0.3) is 5.89 Å². The molecule has 0 aliphatic carbocycles. The molecule has 0 amide bonds. The summed E-state index contributed by atoms with van der Waals surface area (Å²) < 4.78 is 34.7. The highest BCUT2D eigenvalue weighted by Crippen LogP contribution is 2.22. The number of ether oxygens (including phenoxy) is 1. The SMILES string of the molecule is FC(F)Oc1ccc([C@@H]([NH2+]Cc2nc(-c3ccccc3)no2)c2ccccc2)cc1. The number of rotatable bonds is 8. The van der Waals surface area contributed by atoms with Crippen LogP contribution < -0.4 is 10.1 Å². The van der Waals surface area contributed by atoms with Gasteiger partial charge in [0.05, 0.1) is 0 Å². The van der Waals surface area contributed by atoms with E-state index >= 15 is 0 Å². The van der Waals surface area contributed by atoms with Crippen LogP contribution in [-0.2, 0) is 6.54 Å². The summed E-state index contributed by atoms with van der Waals surface area (Å²) in [5, 5.41) is 6.13. The standard InChI is InChI=1S/C23H19F2N3O2/c24-23(25)29-19-13-11-17(12-14-19)21(16-7-3-1-4-8-16)26-15-20-27-22(28-30-20)18-9-5-2-6-10-18/h1-14,21,23,26H,15H2/p+1/t21-/m0/s1. The number of hydrogen-bond acceptors (Lipinski definition) is 4. The average Bonchev–Trinajstić information content (AvgIpc) is 3.25. The summed E-state index contributed by atoms with van der Waals surface area (Å²) in [7, 11) is 0. The highest BCUT2D eigenvalue weighted by molar-refractivity contribution is 5.53. The summed E-state index contributed by atoms with van der Waals surface area (Å²) in [5.74, 6) is 1.18. The van der Waals surface area contributed by atoms with E-state index in [0.29, 0.717) is 18.3 Å². The van der Waals surface area contributed by atoms with E-state index in [-0.39, 0.29) is 11.8 Å². The Morgan fingerprint density at radius 2 is 1.47 bits per heavy atom. The van der Waals surface area contributed by atoms with Gasteiger partial charge in [-0.25, -0.2) is 0 Å². The quantitative estimate of drug-likeness (QED) is 0.475. The molecule has 4 rings (SSSR count). The molecule has 152 valence electrons. The van der Waals surface area contributed by atoms with E-state index in [1.54, 1.807) is 24.3 Å². The molecule has 7 heteroatoms. The smallest absolute Gasteiger partial charge is 0.387 e. The molecule has 0 radical (unpaired) electrons. The van der Waals surface area contributed by atoms with Crippen molar-refractivity contribution in [3.63, 3.8) is 0 Å². The van der Waals surface area contributed by atoms with E-state index in [4.69, 9.17) is 4.52 Å². The van der Waals surface area contributed by atoms with E-state index in [1.165, 1.54) is 0 Å².